The molecule has 1 heterocycles. The van der Waals surface area contributed by atoms with Gasteiger partial charge < -0.3 is 4.90 Å². The number of hydrogen-bond donors (Lipinski definition) is 0. The Hall–Kier alpha value is -0.720. The van der Waals surface area contributed by atoms with Crippen LogP contribution in [0.2, 0.25) is 0 Å². The molecule has 0 bridgehead atoms. The molecule has 0 atom stereocenters. The summed E-state index contributed by atoms with van der Waals surface area (Å²) in [6.07, 6.45) is -2.47. The number of rotatable bonds is 4. The number of halogens is 3. The molecular formula is C15H21F3N2S. The van der Waals surface area contributed by atoms with Crippen LogP contribution in [0.4, 0.5) is 13.2 Å². The maximum Gasteiger partial charge on any atom is 0.416 e. The first kappa shape index (κ1) is 16.6. The van der Waals surface area contributed by atoms with Crippen molar-refractivity contribution < 1.29 is 13.2 Å². The third-order valence-electron chi connectivity index (χ3n) is 3.85. The van der Waals surface area contributed by atoms with E-state index < -0.39 is 11.7 Å². The second-order valence-electron chi connectivity index (χ2n) is 5.28. The molecule has 1 aromatic rings. The van der Waals surface area contributed by atoms with E-state index in [0.717, 1.165) is 38.3 Å². The van der Waals surface area contributed by atoms with Crippen LogP contribution >= 0.6 is 11.8 Å². The minimum atomic E-state index is -4.28. The number of thioether (sulfide) groups is 1. The molecule has 0 saturated carbocycles. The van der Waals surface area contributed by atoms with E-state index in [4.69, 9.17) is 0 Å². The Labute approximate surface area is 128 Å². The van der Waals surface area contributed by atoms with Gasteiger partial charge >= 0.3 is 6.18 Å². The second-order valence-corrected chi connectivity index (χ2v) is 6.16. The molecule has 0 amide bonds. The molecule has 1 aliphatic rings. The van der Waals surface area contributed by atoms with Gasteiger partial charge in [-0.1, -0.05) is 6.92 Å². The van der Waals surface area contributed by atoms with E-state index in [1.165, 1.54) is 23.9 Å². The fourth-order valence-electron chi connectivity index (χ4n) is 2.56. The fraction of sp³-hybridized carbons (Fsp3) is 0.600. The van der Waals surface area contributed by atoms with Crippen LogP contribution in [-0.4, -0.2) is 48.8 Å². The first-order chi connectivity index (χ1) is 9.92. The van der Waals surface area contributed by atoms with Crippen LogP contribution in [0.25, 0.3) is 0 Å². The van der Waals surface area contributed by atoms with Crippen LogP contribution in [0.5, 0.6) is 0 Å². The van der Waals surface area contributed by atoms with E-state index in [1.54, 1.807) is 6.26 Å². The summed E-state index contributed by atoms with van der Waals surface area (Å²) < 4.78 is 38.8. The first-order valence-electron chi connectivity index (χ1n) is 7.12. The van der Waals surface area contributed by atoms with E-state index in [0.29, 0.717) is 11.4 Å². The minimum Gasteiger partial charge on any atom is -0.301 e. The number of hydrogen-bond acceptors (Lipinski definition) is 3. The monoisotopic (exact) mass is 318 g/mol. The number of nitrogens with zero attached hydrogens (tertiary/aromatic N) is 2. The van der Waals surface area contributed by atoms with Gasteiger partial charge in [-0.05, 0) is 36.6 Å². The van der Waals surface area contributed by atoms with E-state index in [2.05, 4.69) is 16.7 Å². The highest BCUT2D eigenvalue weighted by Gasteiger charge is 2.31. The molecule has 1 aromatic carbocycles. The molecule has 0 N–H and O–H groups in total. The normalized spacial score (nSPS) is 18.1. The second kappa shape index (κ2) is 7.03. The first-order valence-corrected chi connectivity index (χ1v) is 8.34. The molecule has 0 unspecified atom stereocenters. The molecule has 1 aliphatic heterocycles. The highest BCUT2D eigenvalue weighted by atomic mass is 32.2. The largest absolute Gasteiger partial charge is 0.416 e. The smallest absolute Gasteiger partial charge is 0.301 e. The lowest BCUT2D eigenvalue weighted by Gasteiger charge is -2.34. The van der Waals surface area contributed by atoms with Crippen molar-refractivity contribution in [2.75, 3.05) is 39.0 Å². The van der Waals surface area contributed by atoms with Crippen molar-refractivity contribution in [1.29, 1.82) is 0 Å². The standard InChI is InChI=1S/C15H21F3N2S/c1-3-19-4-6-20(7-5-19)11-12-8-13(15(16,17)18)10-14(9-12)21-2/h8-10H,3-7,11H2,1-2H3. The summed E-state index contributed by atoms with van der Waals surface area (Å²) in [5, 5.41) is 0. The summed E-state index contributed by atoms with van der Waals surface area (Å²) >= 11 is 1.35. The van der Waals surface area contributed by atoms with Crippen LogP contribution in [0.3, 0.4) is 0 Å². The highest BCUT2D eigenvalue weighted by Crippen LogP contribution is 2.33. The lowest BCUT2D eigenvalue weighted by Crippen LogP contribution is -2.45. The molecule has 118 valence electrons. The fourth-order valence-corrected chi connectivity index (χ4v) is 3.07. The Bertz CT molecular complexity index is 468. The zero-order valence-electron chi connectivity index (χ0n) is 12.4. The van der Waals surface area contributed by atoms with Crippen molar-refractivity contribution >= 4 is 11.8 Å². The van der Waals surface area contributed by atoms with Gasteiger partial charge in [0.1, 0.15) is 0 Å². The van der Waals surface area contributed by atoms with Gasteiger partial charge in [-0.3, -0.25) is 4.90 Å². The Balaban J connectivity index is 2.09. The molecule has 0 aromatic heterocycles. The third-order valence-corrected chi connectivity index (χ3v) is 4.55. The summed E-state index contributed by atoms with van der Waals surface area (Å²) in [6, 6.07) is 4.38. The van der Waals surface area contributed by atoms with Gasteiger partial charge in [0.15, 0.2) is 0 Å². The molecule has 1 saturated heterocycles. The summed E-state index contributed by atoms with van der Waals surface area (Å²) in [4.78, 5) is 5.26. The Kier molecular flexibility index (Phi) is 5.57. The van der Waals surface area contributed by atoms with Gasteiger partial charge in [0.25, 0.3) is 0 Å². The zero-order chi connectivity index (χ0) is 15.5. The van der Waals surface area contributed by atoms with Crippen molar-refractivity contribution in [3.63, 3.8) is 0 Å². The molecule has 21 heavy (non-hydrogen) atoms. The molecule has 6 heteroatoms. The Morgan fingerprint density at radius 1 is 1.05 bits per heavy atom. The minimum absolute atomic E-state index is 0.545. The SMILES string of the molecule is CCN1CCN(Cc2cc(SC)cc(C(F)(F)F)c2)CC1. The van der Waals surface area contributed by atoms with Crippen molar-refractivity contribution in [2.24, 2.45) is 0 Å². The van der Waals surface area contributed by atoms with Crippen molar-refractivity contribution in [2.45, 2.75) is 24.5 Å². The lowest BCUT2D eigenvalue weighted by molar-refractivity contribution is -0.137. The van der Waals surface area contributed by atoms with Gasteiger partial charge in [0.2, 0.25) is 0 Å². The van der Waals surface area contributed by atoms with E-state index in [-0.39, 0.29) is 0 Å². The van der Waals surface area contributed by atoms with Gasteiger partial charge in [-0.25, -0.2) is 0 Å². The summed E-state index contributed by atoms with van der Waals surface area (Å²) in [7, 11) is 0. The quantitative estimate of drug-likeness (QED) is 0.784. The Morgan fingerprint density at radius 2 is 1.67 bits per heavy atom. The lowest BCUT2D eigenvalue weighted by atomic mass is 10.1. The molecule has 2 nitrogen and oxygen atoms in total. The molecule has 0 aliphatic carbocycles. The van der Waals surface area contributed by atoms with E-state index in [1.807, 2.05) is 6.07 Å². The zero-order valence-corrected chi connectivity index (χ0v) is 13.2. The predicted molar refractivity (Wildman–Crippen MR) is 80.6 cm³/mol. The summed E-state index contributed by atoms with van der Waals surface area (Å²) in [5.41, 5.74) is 0.204. The van der Waals surface area contributed by atoms with E-state index in [9.17, 15) is 13.2 Å². The van der Waals surface area contributed by atoms with Gasteiger partial charge in [0.05, 0.1) is 5.56 Å². The third kappa shape index (κ3) is 4.63. The summed E-state index contributed by atoms with van der Waals surface area (Å²) in [6.45, 7) is 7.57. The van der Waals surface area contributed by atoms with Crippen molar-refractivity contribution in [3.05, 3.63) is 29.3 Å². The summed E-state index contributed by atoms with van der Waals surface area (Å²) in [5.74, 6) is 0. The number of piperazine rings is 1. The van der Waals surface area contributed by atoms with Gasteiger partial charge in [-0.15, -0.1) is 11.8 Å². The van der Waals surface area contributed by atoms with E-state index >= 15 is 0 Å². The van der Waals surface area contributed by atoms with Crippen molar-refractivity contribution in [3.8, 4) is 0 Å². The molecule has 0 radical (unpaired) electrons. The highest BCUT2D eigenvalue weighted by molar-refractivity contribution is 7.98. The Morgan fingerprint density at radius 3 is 2.19 bits per heavy atom. The van der Waals surface area contributed by atoms with Crippen molar-refractivity contribution in [1.82, 2.24) is 9.80 Å². The number of benzene rings is 1. The average molecular weight is 318 g/mol. The molecular weight excluding hydrogens is 297 g/mol. The molecule has 0 spiro atoms. The predicted octanol–water partition coefficient (Wildman–Crippen LogP) is 3.56. The van der Waals surface area contributed by atoms with Gasteiger partial charge in [0, 0.05) is 37.6 Å². The van der Waals surface area contributed by atoms with Crippen LogP contribution in [0.15, 0.2) is 23.1 Å². The number of alkyl halides is 3. The number of likely N-dealkylation sites (N-methyl/N-ethyl adjacent to an activating group) is 1. The average Bonchev–Trinajstić information content (AvgIpc) is 2.46. The topological polar surface area (TPSA) is 6.48 Å². The van der Waals surface area contributed by atoms with Crippen LogP contribution in [-0.2, 0) is 12.7 Å². The van der Waals surface area contributed by atoms with Crippen LogP contribution < -0.4 is 0 Å². The van der Waals surface area contributed by atoms with Crippen LogP contribution in [0.1, 0.15) is 18.1 Å². The maximum absolute atomic E-state index is 12.9. The van der Waals surface area contributed by atoms with Gasteiger partial charge in [-0.2, -0.15) is 13.2 Å². The molecule has 1 fully saturated rings. The maximum atomic E-state index is 12.9. The van der Waals surface area contributed by atoms with Crippen LogP contribution in [0, 0.1) is 0 Å². The molecule has 2 rings (SSSR count).